The Kier molecular flexibility index (Phi) is 5.22. The van der Waals surface area contributed by atoms with Crippen molar-refractivity contribution in [3.63, 3.8) is 0 Å². The maximum atomic E-state index is 11.7. The molecule has 0 heterocycles. The van der Waals surface area contributed by atoms with Crippen LogP contribution < -0.4 is 5.73 Å². The fraction of sp³-hybridized carbons (Fsp3) is 0.250. The summed E-state index contributed by atoms with van der Waals surface area (Å²) in [5.74, 6) is -0.535. The molecule has 2 aromatic rings. The van der Waals surface area contributed by atoms with Gasteiger partial charge < -0.3 is 10.5 Å². The standard InChI is InChI=1S/C16H17NO3S/c1-11(20-16(19)10-21-9-15(17)18)13-8-4-6-12-5-2-3-7-14(12)13/h2-8,11H,9-10H2,1H3,(H2,17,18). The highest BCUT2D eigenvalue weighted by Crippen LogP contribution is 2.26. The zero-order valence-electron chi connectivity index (χ0n) is 11.7. The molecular weight excluding hydrogens is 286 g/mol. The van der Waals surface area contributed by atoms with Crippen LogP contribution in [-0.2, 0) is 14.3 Å². The van der Waals surface area contributed by atoms with Gasteiger partial charge in [-0.1, -0.05) is 42.5 Å². The number of carbonyl (C=O) groups excluding carboxylic acids is 2. The SMILES string of the molecule is CC(OC(=O)CSCC(N)=O)c1cccc2ccccc12. The van der Waals surface area contributed by atoms with Crippen molar-refractivity contribution in [3.05, 3.63) is 48.0 Å². The van der Waals surface area contributed by atoms with E-state index in [4.69, 9.17) is 10.5 Å². The summed E-state index contributed by atoms with van der Waals surface area (Å²) in [6, 6.07) is 13.9. The lowest BCUT2D eigenvalue weighted by molar-refractivity contribution is -0.145. The van der Waals surface area contributed by atoms with Gasteiger partial charge >= 0.3 is 5.97 Å². The van der Waals surface area contributed by atoms with E-state index in [1.54, 1.807) is 0 Å². The summed E-state index contributed by atoms with van der Waals surface area (Å²) in [6.07, 6.45) is -0.335. The largest absolute Gasteiger partial charge is 0.457 e. The molecule has 0 radical (unpaired) electrons. The molecule has 0 fully saturated rings. The van der Waals surface area contributed by atoms with Gasteiger partial charge in [-0.25, -0.2) is 0 Å². The summed E-state index contributed by atoms with van der Waals surface area (Å²) in [4.78, 5) is 22.4. The Labute approximate surface area is 127 Å². The van der Waals surface area contributed by atoms with Crippen LogP contribution in [0.15, 0.2) is 42.5 Å². The monoisotopic (exact) mass is 303 g/mol. The van der Waals surface area contributed by atoms with Crippen molar-refractivity contribution >= 4 is 34.4 Å². The number of nitrogens with two attached hydrogens (primary N) is 1. The van der Waals surface area contributed by atoms with E-state index in [2.05, 4.69) is 0 Å². The molecule has 1 unspecified atom stereocenters. The number of hydrogen-bond donors (Lipinski definition) is 1. The first-order chi connectivity index (χ1) is 10.1. The van der Waals surface area contributed by atoms with Crippen LogP contribution >= 0.6 is 11.8 Å². The highest BCUT2D eigenvalue weighted by atomic mass is 32.2. The molecule has 0 bridgehead atoms. The van der Waals surface area contributed by atoms with Gasteiger partial charge in [-0.05, 0) is 23.3 Å². The van der Waals surface area contributed by atoms with Gasteiger partial charge in [0.2, 0.25) is 5.91 Å². The smallest absolute Gasteiger partial charge is 0.316 e. The normalized spacial score (nSPS) is 12.0. The quantitative estimate of drug-likeness (QED) is 0.833. The maximum Gasteiger partial charge on any atom is 0.316 e. The molecule has 21 heavy (non-hydrogen) atoms. The van der Waals surface area contributed by atoms with Gasteiger partial charge in [0.1, 0.15) is 6.10 Å². The Bertz CT molecular complexity index is 652. The van der Waals surface area contributed by atoms with E-state index in [-0.39, 0.29) is 23.6 Å². The fourth-order valence-corrected chi connectivity index (χ4v) is 2.67. The van der Waals surface area contributed by atoms with E-state index in [1.165, 1.54) is 0 Å². The molecule has 0 aliphatic heterocycles. The Hall–Kier alpha value is -2.01. The summed E-state index contributed by atoms with van der Waals surface area (Å²) >= 11 is 1.16. The molecule has 4 nitrogen and oxygen atoms in total. The van der Waals surface area contributed by atoms with Crippen molar-refractivity contribution in [2.24, 2.45) is 5.73 Å². The van der Waals surface area contributed by atoms with Crippen molar-refractivity contribution in [2.45, 2.75) is 13.0 Å². The third kappa shape index (κ3) is 4.23. The van der Waals surface area contributed by atoms with Gasteiger partial charge in [-0.15, -0.1) is 11.8 Å². The third-order valence-electron chi connectivity index (χ3n) is 3.03. The van der Waals surface area contributed by atoms with Crippen LogP contribution in [0.2, 0.25) is 0 Å². The molecule has 0 aliphatic rings. The second-order valence-electron chi connectivity index (χ2n) is 4.66. The Morgan fingerprint density at radius 3 is 2.62 bits per heavy atom. The number of thioether (sulfide) groups is 1. The van der Waals surface area contributed by atoms with Crippen molar-refractivity contribution in [1.29, 1.82) is 0 Å². The Balaban J connectivity index is 2.03. The molecule has 1 amide bonds. The van der Waals surface area contributed by atoms with E-state index in [9.17, 15) is 9.59 Å². The zero-order chi connectivity index (χ0) is 15.2. The average Bonchev–Trinajstić information content (AvgIpc) is 2.46. The van der Waals surface area contributed by atoms with Crippen LogP contribution in [0.25, 0.3) is 10.8 Å². The van der Waals surface area contributed by atoms with Crippen molar-refractivity contribution in [3.8, 4) is 0 Å². The number of primary amides is 1. The van der Waals surface area contributed by atoms with Crippen molar-refractivity contribution in [2.75, 3.05) is 11.5 Å². The lowest BCUT2D eigenvalue weighted by Gasteiger charge is -2.15. The van der Waals surface area contributed by atoms with E-state index in [0.717, 1.165) is 28.1 Å². The van der Waals surface area contributed by atoms with E-state index in [0.29, 0.717) is 0 Å². The first-order valence-electron chi connectivity index (χ1n) is 6.61. The molecular formula is C16H17NO3S. The number of amides is 1. The summed E-state index contributed by atoms with van der Waals surface area (Å²) < 4.78 is 5.41. The number of esters is 1. The van der Waals surface area contributed by atoms with Crippen LogP contribution in [0, 0.1) is 0 Å². The predicted molar refractivity (Wildman–Crippen MR) is 85.0 cm³/mol. The van der Waals surface area contributed by atoms with Crippen LogP contribution in [0.5, 0.6) is 0 Å². The molecule has 1 atom stereocenters. The number of fused-ring (bicyclic) bond motifs is 1. The van der Waals surface area contributed by atoms with Gasteiger partial charge in [0.15, 0.2) is 0 Å². The Morgan fingerprint density at radius 1 is 1.14 bits per heavy atom. The highest BCUT2D eigenvalue weighted by molar-refractivity contribution is 8.00. The molecule has 0 spiro atoms. The molecule has 0 saturated heterocycles. The molecule has 2 N–H and O–H groups in total. The highest BCUT2D eigenvalue weighted by Gasteiger charge is 2.14. The number of benzene rings is 2. The summed E-state index contributed by atoms with van der Waals surface area (Å²) in [7, 11) is 0. The Morgan fingerprint density at radius 2 is 1.86 bits per heavy atom. The minimum absolute atomic E-state index is 0.123. The summed E-state index contributed by atoms with van der Waals surface area (Å²) in [6.45, 7) is 1.85. The van der Waals surface area contributed by atoms with Crippen LogP contribution in [0.4, 0.5) is 0 Å². The maximum absolute atomic E-state index is 11.7. The second kappa shape index (κ2) is 7.13. The average molecular weight is 303 g/mol. The van der Waals surface area contributed by atoms with E-state index in [1.807, 2.05) is 49.4 Å². The first kappa shape index (κ1) is 15.4. The van der Waals surface area contributed by atoms with Gasteiger partial charge in [0.25, 0.3) is 0 Å². The van der Waals surface area contributed by atoms with Gasteiger partial charge in [0, 0.05) is 0 Å². The van der Waals surface area contributed by atoms with E-state index >= 15 is 0 Å². The van der Waals surface area contributed by atoms with Crippen LogP contribution in [0.3, 0.4) is 0 Å². The lowest BCUT2D eigenvalue weighted by atomic mass is 10.0. The molecule has 0 saturated carbocycles. The number of hydrogen-bond acceptors (Lipinski definition) is 4. The van der Waals surface area contributed by atoms with Crippen LogP contribution in [0.1, 0.15) is 18.6 Å². The number of carbonyl (C=O) groups is 2. The van der Waals surface area contributed by atoms with Gasteiger partial charge in [-0.2, -0.15) is 0 Å². The molecule has 2 aromatic carbocycles. The third-order valence-corrected chi connectivity index (χ3v) is 3.96. The lowest BCUT2D eigenvalue weighted by Crippen LogP contribution is -2.16. The summed E-state index contributed by atoms with van der Waals surface area (Å²) in [5.41, 5.74) is 5.99. The zero-order valence-corrected chi connectivity index (χ0v) is 12.6. The van der Waals surface area contributed by atoms with Gasteiger partial charge in [0.05, 0.1) is 11.5 Å². The number of ether oxygens (including phenoxy) is 1. The second-order valence-corrected chi connectivity index (χ2v) is 5.65. The first-order valence-corrected chi connectivity index (χ1v) is 7.76. The molecule has 5 heteroatoms. The molecule has 2 rings (SSSR count). The molecule has 0 aromatic heterocycles. The van der Waals surface area contributed by atoms with Crippen molar-refractivity contribution in [1.82, 2.24) is 0 Å². The molecule has 0 aliphatic carbocycles. The predicted octanol–water partition coefficient (Wildman–Crippen LogP) is 2.66. The molecule has 110 valence electrons. The summed E-state index contributed by atoms with van der Waals surface area (Å²) in [5, 5.41) is 2.19. The fourth-order valence-electron chi connectivity index (χ4n) is 2.13. The topological polar surface area (TPSA) is 69.4 Å². The number of rotatable bonds is 6. The van der Waals surface area contributed by atoms with Gasteiger partial charge in [-0.3, -0.25) is 9.59 Å². The van der Waals surface area contributed by atoms with Crippen molar-refractivity contribution < 1.29 is 14.3 Å². The van der Waals surface area contributed by atoms with Crippen LogP contribution in [-0.4, -0.2) is 23.4 Å². The minimum atomic E-state index is -0.435. The van der Waals surface area contributed by atoms with E-state index < -0.39 is 5.91 Å². The minimum Gasteiger partial charge on any atom is -0.457 e.